The van der Waals surface area contributed by atoms with Gasteiger partial charge < -0.3 is 15.1 Å². The molecule has 4 rings (SSSR count). The second-order valence-electron chi connectivity index (χ2n) is 7.01. The van der Waals surface area contributed by atoms with Crippen molar-refractivity contribution in [1.82, 2.24) is 14.9 Å². The maximum absolute atomic E-state index is 12.8. The fourth-order valence-corrected chi connectivity index (χ4v) is 3.88. The SMILES string of the molecule is CNc1nc(N2CCN(C=O)CC2)nc2c1C(=O)C[C@@H](c1ccccc1)C2. The number of benzene rings is 1. The number of hydrogen-bond acceptors (Lipinski definition) is 6. The van der Waals surface area contributed by atoms with E-state index in [1.807, 2.05) is 18.2 Å². The molecule has 0 unspecified atom stereocenters. The fraction of sp³-hybridized carbons (Fsp3) is 0.400. The Hall–Kier alpha value is -2.96. The molecule has 1 fully saturated rings. The smallest absolute Gasteiger partial charge is 0.227 e. The molecule has 27 heavy (non-hydrogen) atoms. The van der Waals surface area contributed by atoms with E-state index in [2.05, 4.69) is 27.3 Å². The number of nitrogens with zero attached hydrogens (tertiary/aromatic N) is 4. The van der Waals surface area contributed by atoms with Crippen LogP contribution in [-0.2, 0) is 11.2 Å². The van der Waals surface area contributed by atoms with Crippen LogP contribution in [0.4, 0.5) is 11.8 Å². The maximum atomic E-state index is 12.8. The number of Topliss-reactive ketones (excluding diaryl/α,β-unsaturated/α-hetero) is 1. The number of amides is 1. The van der Waals surface area contributed by atoms with Crippen LogP contribution in [0.15, 0.2) is 30.3 Å². The lowest BCUT2D eigenvalue weighted by atomic mass is 9.82. The average molecular weight is 365 g/mol. The Kier molecular flexibility index (Phi) is 4.75. The number of fused-ring (bicyclic) bond motifs is 1. The molecule has 2 aromatic rings. The number of carbonyl (C=O) groups is 2. The lowest BCUT2D eigenvalue weighted by Gasteiger charge is -2.33. The summed E-state index contributed by atoms with van der Waals surface area (Å²) in [4.78, 5) is 37.0. The van der Waals surface area contributed by atoms with Crippen molar-refractivity contribution in [1.29, 1.82) is 0 Å². The highest BCUT2D eigenvalue weighted by Gasteiger charge is 2.31. The number of aromatic nitrogens is 2. The zero-order valence-corrected chi connectivity index (χ0v) is 15.4. The van der Waals surface area contributed by atoms with Crippen molar-refractivity contribution in [3.63, 3.8) is 0 Å². The van der Waals surface area contributed by atoms with Crippen LogP contribution in [0.2, 0.25) is 0 Å². The van der Waals surface area contributed by atoms with Crippen LogP contribution in [0.3, 0.4) is 0 Å². The van der Waals surface area contributed by atoms with Gasteiger partial charge in [0.1, 0.15) is 5.82 Å². The van der Waals surface area contributed by atoms with E-state index in [4.69, 9.17) is 4.98 Å². The second kappa shape index (κ2) is 7.34. The first-order valence-corrected chi connectivity index (χ1v) is 9.30. The van der Waals surface area contributed by atoms with Gasteiger partial charge in [0.15, 0.2) is 5.78 Å². The molecule has 140 valence electrons. The van der Waals surface area contributed by atoms with Gasteiger partial charge in [0.05, 0.1) is 11.3 Å². The van der Waals surface area contributed by atoms with Gasteiger partial charge in [-0.3, -0.25) is 9.59 Å². The Morgan fingerprint density at radius 3 is 2.48 bits per heavy atom. The van der Waals surface area contributed by atoms with Crippen molar-refractivity contribution >= 4 is 24.0 Å². The van der Waals surface area contributed by atoms with Gasteiger partial charge in [-0.05, 0) is 17.9 Å². The molecule has 1 aliphatic carbocycles. The van der Waals surface area contributed by atoms with Crippen LogP contribution in [-0.4, -0.2) is 60.3 Å². The highest BCUT2D eigenvalue weighted by molar-refractivity contribution is 6.03. The van der Waals surface area contributed by atoms with Crippen molar-refractivity contribution < 1.29 is 9.59 Å². The molecular weight excluding hydrogens is 342 g/mol. The van der Waals surface area contributed by atoms with Gasteiger partial charge in [-0.2, -0.15) is 4.98 Å². The monoisotopic (exact) mass is 365 g/mol. The predicted molar refractivity (Wildman–Crippen MR) is 103 cm³/mol. The summed E-state index contributed by atoms with van der Waals surface area (Å²) in [5.41, 5.74) is 2.61. The van der Waals surface area contributed by atoms with Gasteiger partial charge in [-0.15, -0.1) is 0 Å². The summed E-state index contributed by atoms with van der Waals surface area (Å²) in [5.74, 6) is 1.46. The molecule has 7 heteroatoms. The molecule has 1 N–H and O–H groups in total. The zero-order valence-electron chi connectivity index (χ0n) is 15.4. The van der Waals surface area contributed by atoms with E-state index in [0.29, 0.717) is 49.9 Å². The van der Waals surface area contributed by atoms with Crippen LogP contribution in [0.1, 0.15) is 34.0 Å². The third kappa shape index (κ3) is 3.37. The number of hydrogen-bond donors (Lipinski definition) is 1. The van der Waals surface area contributed by atoms with Crippen molar-refractivity contribution in [3.05, 3.63) is 47.2 Å². The van der Waals surface area contributed by atoms with Crippen molar-refractivity contribution in [2.24, 2.45) is 0 Å². The van der Waals surface area contributed by atoms with E-state index in [0.717, 1.165) is 18.5 Å². The van der Waals surface area contributed by atoms with E-state index in [-0.39, 0.29) is 11.7 Å². The summed E-state index contributed by atoms with van der Waals surface area (Å²) in [6.07, 6.45) is 2.09. The molecule has 1 saturated heterocycles. The van der Waals surface area contributed by atoms with Crippen LogP contribution in [0.5, 0.6) is 0 Å². The Morgan fingerprint density at radius 2 is 1.81 bits per heavy atom. The van der Waals surface area contributed by atoms with Crippen molar-refractivity contribution in [2.45, 2.75) is 18.8 Å². The summed E-state index contributed by atoms with van der Waals surface area (Å²) in [6.45, 7) is 2.70. The van der Waals surface area contributed by atoms with E-state index in [1.165, 1.54) is 5.56 Å². The zero-order chi connectivity index (χ0) is 18.8. The molecule has 1 aliphatic heterocycles. The lowest BCUT2D eigenvalue weighted by Crippen LogP contribution is -2.46. The number of carbonyl (C=O) groups excluding carboxylic acids is 2. The molecule has 2 heterocycles. The third-order valence-corrected chi connectivity index (χ3v) is 5.38. The summed E-state index contributed by atoms with van der Waals surface area (Å²) in [6, 6.07) is 10.1. The molecule has 0 bridgehead atoms. The largest absolute Gasteiger partial charge is 0.372 e. The Bertz CT molecular complexity index is 847. The summed E-state index contributed by atoms with van der Waals surface area (Å²) in [5, 5.41) is 3.07. The minimum absolute atomic E-state index is 0.0896. The first-order chi connectivity index (χ1) is 13.2. The number of rotatable bonds is 4. The van der Waals surface area contributed by atoms with Crippen LogP contribution >= 0.6 is 0 Å². The molecule has 1 aromatic carbocycles. The highest BCUT2D eigenvalue weighted by atomic mass is 16.1. The molecule has 1 amide bonds. The summed E-state index contributed by atoms with van der Waals surface area (Å²) < 4.78 is 0. The molecule has 2 aliphatic rings. The standard InChI is InChI=1S/C20H23N5O2/c1-21-19-18-16(11-15(12-17(18)27)14-5-3-2-4-6-14)22-20(23-19)25-9-7-24(13-26)8-10-25/h2-6,13,15H,7-12H2,1H3,(H,21,22,23)/t15-/m0/s1. The average Bonchev–Trinajstić information content (AvgIpc) is 2.73. The molecule has 0 saturated carbocycles. The lowest BCUT2D eigenvalue weighted by molar-refractivity contribution is -0.118. The number of nitrogens with one attached hydrogen (secondary N) is 1. The summed E-state index contributed by atoms with van der Waals surface area (Å²) >= 11 is 0. The van der Waals surface area contributed by atoms with E-state index < -0.39 is 0 Å². The van der Waals surface area contributed by atoms with Gasteiger partial charge in [0.25, 0.3) is 0 Å². The number of ketones is 1. The quantitative estimate of drug-likeness (QED) is 0.831. The van der Waals surface area contributed by atoms with Crippen molar-refractivity contribution in [3.8, 4) is 0 Å². The van der Waals surface area contributed by atoms with E-state index >= 15 is 0 Å². The van der Waals surface area contributed by atoms with Crippen LogP contribution in [0, 0.1) is 0 Å². The fourth-order valence-electron chi connectivity index (χ4n) is 3.88. The molecule has 7 nitrogen and oxygen atoms in total. The van der Waals surface area contributed by atoms with Crippen molar-refractivity contribution in [2.75, 3.05) is 43.4 Å². The topological polar surface area (TPSA) is 78.4 Å². The third-order valence-electron chi connectivity index (χ3n) is 5.38. The first-order valence-electron chi connectivity index (χ1n) is 9.30. The molecule has 0 radical (unpaired) electrons. The molecule has 0 spiro atoms. The first kappa shape index (κ1) is 17.5. The van der Waals surface area contributed by atoms with Crippen LogP contribution in [0.25, 0.3) is 0 Å². The predicted octanol–water partition coefficient (Wildman–Crippen LogP) is 1.71. The Balaban J connectivity index is 1.66. The minimum atomic E-state index is 0.0896. The maximum Gasteiger partial charge on any atom is 0.227 e. The van der Waals surface area contributed by atoms with Gasteiger partial charge in [0.2, 0.25) is 12.4 Å². The van der Waals surface area contributed by atoms with Gasteiger partial charge in [-0.25, -0.2) is 4.98 Å². The van der Waals surface area contributed by atoms with Gasteiger partial charge >= 0.3 is 0 Å². The highest BCUT2D eigenvalue weighted by Crippen LogP contribution is 2.35. The molecule has 1 aromatic heterocycles. The Morgan fingerprint density at radius 1 is 1.07 bits per heavy atom. The Labute approximate surface area is 158 Å². The second-order valence-corrected chi connectivity index (χ2v) is 7.01. The molecular formula is C20H23N5O2. The van der Waals surface area contributed by atoms with E-state index in [1.54, 1.807) is 11.9 Å². The molecule has 1 atom stereocenters. The van der Waals surface area contributed by atoms with Crippen LogP contribution < -0.4 is 10.2 Å². The van der Waals surface area contributed by atoms with Gasteiger partial charge in [0, 0.05) is 39.6 Å². The number of piperazine rings is 1. The van der Waals surface area contributed by atoms with Gasteiger partial charge in [-0.1, -0.05) is 30.3 Å². The van der Waals surface area contributed by atoms with E-state index in [9.17, 15) is 9.59 Å². The normalized spacial score (nSPS) is 19.6. The minimum Gasteiger partial charge on any atom is -0.372 e. The number of anilines is 2. The summed E-state index contributed by atoms with van der Waals surface area (Å²) in [7, 11) is 1.79.